The number of ether oxygens (including phenoxy) is 1. The Kier molecular flexibility index (Phi) is 4.88. The van der Waals surface area contributed by atoms with E-state index >= 15 is 0 Å². The largest absolute Gasteiger partial charge is 0.502 e. The van der Waals surface area contributed by atoms with E-state index in [0.29, 0.717) is 5.56 Å². The van der Waals surface area contributed by atoms with Gasteiger partial charge in [0.1, 0.15) is 0 Å². The molecule has 0 amide bonds. The average Bonchev–Trinajstić information content (AvgIpc) is 3.03. The predicted octanol–water partition coefficient (Wildman–Crippen LogP) is 3.93. The highest BCUT2D eigenvalue weighted by Crippen LogP contribution is 2.47. The summed E-state index contributed by atoms with van der Waals surface area (Å²) in [6.45, 7) is 1.12. The molecule has 2 aromatic heterocycles. The van der Waals surface area contributed by atoms with Crippen LogP contribution in [0.2, 0.25) is 0 Å². The van der Waals surface area contributed by atoms with Crippen LogP contribution >= 0.6 is 0 Å². The van der Waals surface area contributed by atoms with E-state index in [0.717, 1.165) is 17.8 Å². The first kappa shape index (κ1) is 19.5. The number of aromatic nitrogens is 1. The molecule has 2 N–H and O–H groups in total. The number of carbonyl (C=O) groups excluding carboxylic acids is 1. The standard InChI is InChI=1S/C21H16N2O6S/c1-13(24)28-20-18(25)19(15-11-14-7-5-6-10-17(14)22-12-15)29-21(20)23-30(26,27)16-8-3-2-4-9-16/h2-12,23,25H,1H3. The molecule has 0 radical (unpaired) electrons. The summed E-state index contributed by atoms with van der Waals surface area (Å²) >= 11 is 0. The Bertz CT molecular complexity index is 1350. The maximum Gasteiger partial charge on any atom is 0.308 e. The van der Waals surface area contributed by atoms with Crippen molar-refractivity contribution in [2.75, 3.05) is 4.72 Å². The summed E-state index contributed by atoms with van der Waals surface area (Å²) in [7, 11) is -4.05. The molecular weight excluding hydrogens is 408 g/mol. The SMILES string of the molecule is CC(=O)Oc1c(NS(=O)(=O)c2ccccc2)oc(-c2cnc3ccccc3c2)c1O. The van der Waals surface area contributed by atoms with Crippen LogP contribution in [0.3, 0.4) is 0 Å². The number of para-hydroxylation sites is 1. The van der Waals surface area contributed by atoms with Crippen LogP contribution in [-0.2, 0) is 14.8 Å². The van der Waals surface area contributed by atoms with E-state index in [9.17, 15) is 18.3 Å². The first-order valence-electron chi connectivity index (χ1n) is 8.82. The van der Waals surface area contributed by atoms with Crippen LogP contribution in [0.4, 0.5) is 5.88 Å². The normalized spacial score (nSPS) is 11.4. The Morgan fingerprint density at radius 1 is 1.10 bits per heavy atom. The number of pyridine rings is 1. The molecule has 4 rings (SSSR count). The second-order valence-corrected chi connectivity index (χ2v) is 8.05. The van der Waals surface area contributed by atoms with Crippen LogP contribution in [0.1, 0.15) is 6.92 Å². The fraction of sp³-hybridized carbons (Fsp3) is 0.0476. The Hall–Kier alpha value is -3.85. The molecule has 2 aromatic carbocycles. The van der Waals surface area contributed by atoms with Crippen molar-refractivity contribution in [3.05, 3.63) is 66.9 Å². The van der Waals surface area contributed by atoms with Gasteiger partial charge in [0.05, 0.1) is 10.4 Å². The van der Waals surface area contributed by atoms with Crippen molar-refractivity contribution >= 4 is 32.8 Å². The Labute approximate surface area is 171 Å². The summed E-state index contributed by atoms with van der Waals surface area (Å²) in [5.74, 6) is -2.21. The molecule has 0 spiro atoms. The second-order valence-electron chi connectivity index (χ2n) is 6.37. The van der Waals surface area contributed by atoms with Crippen molar-refractivity contribution in [2.24, 2.45) is 0 Å². The zero-order valence-electron chi connectivity index (χ0n) is 15.7. The smallest absolute Gasteiger partial charge is 0.308 e. The number of sulfonamides is 1. The number of carbonyl (C=O) groups is 1. The number of rotatable bonds is 5. The number of hydrogen-bond acceptors (Lipinski definition) is 7. The zero-order valence-corrected chi connectivity index (χ0v) is 16.5. The maximum absolute atomic E-state index is 12.7. The minimum absolute atomic E-state index is 0.0245. The summed E-state index contributed by atoms with van der Waals surface area (Å²) < 4.78 is 38.2. The number of aromatic hydroxyl groups is 1. The van der Waals surface area contributed by atoms with Gasteiger partial charge in [0.15, 0.2) is 5.76 Å². The number of nitrogens with zero attached hydrogens (tertiary/aromatic N) is 1. The Morgan fingerprint density at radius 2 is 1.80 bits per heavy atom. The van der Waals surface area contributed by atoms with Crippen LogP contribution in [0.15, 0.2) is 76.2 Å². The monoisotopic (exact) mass is 424 g/mol. The lowest BCUT2D eigenvalue weighted by Crippen LogP contribution is -2.13. The highest BCUT2D eigenvalue weighted by atomic mass is 32.2. The van der Waals surface area contributed by atoms with Gasteiger partial charge in [-0.1, -0.05) is 36.4 Å². The molecule has 0 aliphatic rings. The fourth-order valence-electron chi connectivity index (χ4n) is 2.88. The molecule has 0 unspecified atom stereocenters. The number of anilines is 1. The topological polar surface area (TPSA) is 119 Å². The van der Waals surface area contributed by atoms with Gasteiger partial charge < -0.3 is 14.3 Å². The molecule has 4 aromatic rings. The molecule has 152 valence electrons. The van der Waals surface area contributed by atoms with Crippen molar-refractivity contribution in [1.29, 1.82) is 0 Å². The zero-order chi connectivity index (χ0) is 21.3. The predicted molar refractivity (Wildman–Crippen MR) is 110 cm³/mol. The average molecular weight is 424 g/mol. The Balaban J connectivity index is 1.81. The molecule has 30 heavy (non-hydrogen) atoms. The van der Waals surface area contributed by atoms with Crippen LogP contribution in [0.25, 0.3) is 22.2 Å². The van der Waals surface area contributed by atoms with E-state index in [-0.39, 0.29) is 10.7 Å². The molecule has 0 fully saturated rings. The third kappa shape index (κ3) is 3.70. The summed E-state index contributed by atoms with van der Waals surface area (Å²) in [5, 5.41) is 11.4. The molecule has 0 aliphatic carbocycles. The van der Waals surface area contributed by atoms with Gasteiger partial charge in [-0.25, -0.2) is 13.1 Å². The number of fused-ring (bicyclic) bond motifs is 1. The Morgan fingerprint density at radius 3 is 2.53 bits per heavy atom. The van der Waals surface area contributed by atoms with E-state index in [1.54, 1.807) is 24.3 Å². The molecule has 9 heteroatoms. The first-order chi connectivity index (χ1) is 14.3. The van der Waals surface area contributed by atoms with Crippen LogP contribution in [-0.4, -0.2) is 24.5 Å². The number of benzene rings is 2. The fourth-order valence-corrected chi connectivity index (χ4v) is 3.90. The van der Waals surface area contributed by atoms with Crippen LogP contribution < -0.4 is 9.46 Å². The van der Waals surface area contributed by atoms with E-state index < -0.39 is 33.4 Å². The van der Waals surface area contributed by atoms with Gasteiger partial charge in [0.2, 0.25) is 11.5 Å². The molecule has 8 nitrogen and oxygen atoms in total. The van der Waals surface area contributed by atoms with E-state index in [1.165, 1.54) is 18.3 Å². The molecule has 0 atom stereocenters. The summed E-state index contributed by atoms with van der Waals surface area (Å²) in [5.41, 5.74) is 1.11. The summed E-state index contributed by atoms with van der Waals surface area (Å²) in [6.07, 6.45) is 1.47. The lowest BCUT2D eigenvalue weighted by Gasteiger charge is -2.07. The number of hydrogen-bond donors (Lipinski definition) is 2. The number of nitrogens with one attached hydrogen (secondary N) is 1. The van der Waals surface area contributed by atoms with Gasteiger partial charge in [-0.2, -0.15) is 0 Å². The quantitative estimate of drug-likeness (QED) is 0.466. The number of furan rings is 1. The van der Waals surface area contributed by atoms with Crippen LogP contribution in [0, 0.1) is 0 Å². The summed E-state index contributed by atoms with van der Waals surface area (Å²) in [6, 6.07) is 16.6. The van der Waals surface area contributed by atoms with Gasteiger partial charge in [-0.3, -0.25) is 9.78 Å². The van der Waals surface area contributed by atoms with Gasteiger partial charge in [-0.15, -0.1) is 0 Å². The van der Waals surface area contributed by atoms with Crippen molar-refractivity contribution in [3.8, 4) is 22.8 Å². The van der Waals surface area contributed by atoms with E-state index in [2.05, 4.69) is 9.71 Å². The highest BCUT2D eigenvalue weighted by Gasteiger charge is 2.28. The highest BCUT2D eigenvalue weighted by molar-refractivity contribution is 7.92. The minimum atomic E-state index is -4.05. The molecule has 0 aliphatic heterocycles. The van der Waals surface area contributed by atoms with Gasteiger partial charge in [0, 0.05) is 24.1 Å². The van der Waals surface area contributed by atoms with Crippen molar-refractivity contribution in [2.45, 2.75) is 11.8 Å². The van der Waals surface area contributed by atoms with Crippen molar-refractivity contribution in [1.82, 2.24) is 4.98 Å². The first-order valence-corrected chi connectivity index (χ1v) is 10.3. The third-order valence-electron chi connectivity index (χ3n) is 4.22. The third-order valence-corrected chi connectivity index (χ3v) is 5.57. The maximum atomic E-state index is 12.7. The number of esters is 1. The second kappa shape index (κ2) is 7.53. The molecule has 0 saturated carbocycles. The van der Waals surface area contributed by atoms with Gasteiger partial charge in [0.25, 0.3) is 15.9 Å². The van der Waals surface area contributed by atoms with Gasteiger partial charge >= 0.3 is 5.97 Å². The minimum Gasteiger partial charge on any atom is -0.502 e. The molecular formula is C21H16N2O6S. The van der Waals surface area contributed by atoms with Crippen LogP contribution in [0.5, 0.6) is 11.5 Å². The van der Waals surface area contributed by atoms with Crippen molar-refractivity contribution in [3.63, 3.8) is 0 Å². The van der Waals surface area contributed by atoms with Crippen molar-refractivity contribution < 1.29 is 27.5 Å². The van der Waals surface area contributed by atoms with E-state index in [1.807, 2.05) is 24.3 Å². The molecule has 2 heterocycles. The summed E-state index contributed by atoms with van der Waals surface area (Å²) in [4.78, 5) is 15.8. The lowest BCUT2D eigenvalue weighted by molar-refractivity contribution is -0.131. The molecule has 0 saturated heterocycles. The van der Waals surface area contributed by atoms with Gasteiger partial charge in [-0.05, 0) is 24.3 Å². The lowest BCUT2D eigenvalue weighted by atomic mass is 10.1. The van der Waals surface area contributed by atoms with E-state index in [4.69, 9.17) is 9.15 Å². The molecule has 0 bridgehead atoms.